The second-order valence-corrected chi connectivity index (χ2v) is 7.22. The lowest BCUT2D eigenvalue weighted by atomic mass is 10.0. The zero-order valence-electron chi connectivity index (χ0n) is 16.6. The molecule has 7 heteroatoms. The van der Waals surface area contributed by atoms with E-state index < -0.39 is 0 Å². The van der Waals surface area contributed by atoms with Gasteiger partial charge in [0.05, 0.1) is 22.8 Å². The minimum Gasteiger partial charge on any atom is -0.378 e. The molecule has 0 aliphatic carbocycles. The van der Waals surface area contributed by atoms with E-state index in [1.165, 1.54) is 6.07 Å². The van der Waals surface area contributed by atoms with Crippen LogP contribution in [0.1, 0.15) is 36.8 Å². The Labute approximate surface area is 175 Å². The maximum atomic E-state index is 11.3. The van der Waals surface area contributed by atoms with Crippen molar-refractivity contribution in [3.8, 4) is 11.1 Å². The van der Waals surface area contributed by atoms with E-state index in [0.717, 1.165) is 41.9 Å². The van der Waals surface area contributed by atoms with Gasteiger partial charge in [-0.3, -0.25) is 10.1 Å². The highest BCUT2D eigenvalue weighted by molar-refractivity contribution is 6.30. The number of para-hydroxylation sites is 1. The molecule has 0 unspecified atom stereocenters. The molecule has 0 saturated carbocycles. The molecule has 1 aromatic heterocycles. The highest BCUT2D eigenvalue weighted by Crippen LogP contribution is 2.30. The summed E-state index contributed by atoms with van der Waals surface area (Å²) in [7, 11) is 1.64. The van der Waals surface area contributed by atoms with Gasteiger partial charge in [0.15, 0.2) is 5.15 Å². The highest BCUT2D eigenvalue weighted by Gasteiger charge is 2.17. The average Bonchev–Trinajstić information content (AvgIpc) is 3.02. The topological polar surface area (TPSA) is 70.2 Å². The zero-order valence-corrected chi connectivity index (χ0v) is 17.4. The quantitative estimate of drug-likeness (QED) is 0.335. The molecular weight excluding hydrogens is 390 g/mol. The van der Waals surface area contributed by atoms with Gasteiger partial charge < -0.3 is 9.30 Å². The van der Waals surface area contributed by atoms with Gasteiger partial charge >= 0.3 is 0 Å². The van der Waals surface area contributed by atoms with Crippen molar-refractivity contribution in [3.63, 3.8) is 0 Å². The van der Waals surface area contributed by atoms with Crippen molar-refractivity contribution in [1.29, 1.82) is 0 Å². The summed E-state index contributed by atoms with van der Waals surface area (Å²) in [4.78, 5) is 15.5. The summed E-state index contributed by atoms with van der Waals surface area (Å²) in [5.41, 5.74) is 3.46. The number of aryl methyl sites for hydroxylation is 1. The lowest BCUT2D eigenvalue weighted by molar-refractivity contribution is -0.384. The summed E-state index contributed by atoms with van der Waals surface area (Å²) in [6.45, 7) is 3.16. The first-order chi connectivity index (χ1) is 14.0. The van der Waals surface area contributed by atoms with E-state index in [1.54, 1.807) is 25.3 Å². The summed E-state index contributed by atoms with van der Waals surface area (Å²) in [6, 6.07) is 14.6. The van der Waals surface area contributed by atoms with E-state index in [-0.39, 0.29) is 10.6 Å². The van der Waals surface area contributed by atoms with Crippen molar-refractivity contribution < 1.29 is 9.66 Å². The van der Waals surface area contributed by atoms with E-state index in [9.17, 15) is 10.1 Å². The first-order valence-electron chi connectivity index (χ1n) is 9.60. The molecule has 0 atom stereocenters. The van der Waals surface area contributed by atoms with Gasteiger partial charge in [-0.15, -0.1) is 0 Å². The monoisotopic (exact) mass is 413 g/mol. The Bertz CT molecular complexity index is 983. The largest absolute Gasteiger partial charge is 0.378 e. The van der Waals surface area contributed by atoms with E-state index in [1.807, 2.05) is 24.3 Å². The number of nitro benzene ring substituents is 1. The van der Waals surface area contributed by atoms with E-state index in [0.29, 0.717) is 23.9 Å². The molecule has 0 bridgehead atoms. The molecule has 152 valence electrons. The van der Waals surface area contributed by atoms with Crippen molar-refractivity contribution in [2.24, 2.45) is 0 Å². The fourth-order valence-corrected chi connectivity index (χ4v) is 3.60. The van der Waals surface area contributed by atoms with Gasteiger partial charge in [0.25, 0.3) is 5.69 Å². The Hall–Kier alpha value is -2.70. The third-order valence-electron chi connectivity index (χ3n) is 4.84. The fourth-order valence-electron chi connectivity index (χ4n) is 3.34. The van der Waals surface area contributed by atoms with Gasteiger partial charge in [-0.1, -0.05) is 61.3 Å². The Morgan fingerprint density at radius 2 is 1.90 bits per heavy atom. The van der Waals surface area contributed by atoms with Crippen molar-refractivity contribution in [2.45, 2.75) is 39.3 Å². The van der Waals surface area contributed by atoms with Crippen LogP contribution in [0.4, 0.5) is 5.69 Å². The van der Waals surface area contributed by atoms with Crippen LogP contribution in [0.2, 0.25) is 5.15 Å². The number of hydrogen-bond donors (Lipinski definition) is 0. The van der Waals surface area contributed by atoms with Crippen LogP contribution in [0, 0.1) is 10.1 Å². The van der Waals surface area contributed by atoms with E-state index in [2.05, 4.69) is 16.5 Å². The van der Waals surface area contributed by atoms with Crippen molar-refractivity contribution in [2.75, 3.05) is 7.11 Å². The number of aromatic nitrogens is 2. The molecule has 0 spiro atoms. The Morgan fingerprint density at radius 3 is 2.55 bits per heavy atom. The third kappa shape index (κ3) is 4.83. The van der Waals surface area contributed by atoms with Gasteiger partial charge in [-0.2, -0.15) is 0 Å². The minimum atomic E-state index is -0.353. The van der Waals surface area contributed by atoms with Crippen LogP contribution in [-0.4, -0.2) is 21.6 Å². The second kappa shape index (κ2) is 9.67. The first-order valence-corrected chi connectivity index (χ1v) is 9.98. The maximum absolute atomic E-state index is 11.3. The molecule has 0 radical (unpaired) electrons. The summed E-state index contributed by atoms with van der Waals surface area (Å²) < 4.78 is 7.42. The average molecular weight is 414 g/mol. The van der Waals surface area contributed by atoms with Gasteiger partial charge in [-0.25, -0.2) is 4.98 Å². The summed E-state index contributed by atoms with van der Waals surface area (Å²) in [5.74, 6) is 0.951. The van der Waals surface area contributed by atoms with Crippen LogP contribution >= 0.6 is 11.6 Å². The lowest BCUT2D eigenvalue weighted by Crippen LogP contribution is -2.10. The molecule has 2 aromatic carbocycles. The molecule has 0 aliphatic rings. The van der Waals surface area contributed by atoms with Crippen LogP contribution in [0.15, 0.2) is 48.5 Å². The van der Waals surface area contributed by atoms with Crippen LogP contribution < -0.4 is 0 Å². The number of unbranched alkanes of at least 4 members (excludes halogenated alkanes) is 1. The Kier molecular flexibility index (Phi) is 7.01. The first kappa shape index (κ1) is 21.0. The number of methoxy groups -OCH3 is 1. The number of ether oxygens (including phenoxy) is 1. The number of rotatable bonds is 9. The number of hydrogen-bond acceptors (Lipinski definition) is 4. The molecule has 0 fully saturated rings. The van der Waals surface area contributed by atoms with Crippen LogP contribution in [0.3, 0.4) is 0 Å². The van der Waals surface area contributed by atoms with E-state index in [4.69, 9.17) is 16.3 Å². The molecule has 3 rings (SSSR count). The van der Waals surface area contributed by atoms with Gasteiger partial charge in [0, 0.05) is 26.1 Å². The molecule has 0 aliphatic heterocycles. The normalized spacial score (nSPS) is 11.0. The van der Waals surface area contributed by atoms with Gasteiger partial charge in [0.1, 0.15) is 5.82 Å². The smallest absolute Gasteiger partial charge is 0.277 e. The molecule has 0 saturated heterocycles. The zero-order chi connectivity index (χ0) is 20.8. The number of halogens is 1. The number of nitro groups is 1. The fraction of sp³-hybridized carbons (Fsp3) is 0.318. The molecule has 6 nitrogen and oxygen atoms in total. The van der Waals surface area contributed by atoms with Crippen LogP contribution in [0.25, 0.3) is 11.1 Å². The Morgan fingerprint density at radius 1 is 1.17 bits per heavy atom. The van der Waals surface area contributed by atoms with Crippen molar-refractivity contribution in [1.82, 2.24) is 9.55 Å². The third-order valence-corrected chi connectivity index (χ3v) is 5.15. The van der Waals surface area contributed by atoms with Gasteiger partial charge in [-0.05, 0) is 23.6 Å². The summed E-state index contributed by atoms with van der Waals surface area (Å²) >= 11 is 6.35. The van der Waals surface area contributed by atoms with Crippen molar-refractivity contribution >= 4 is 17.3 Å². The second-order valence-electron chi connectivity index (χ2n) is 6.86. The number of imidazole rings is 1. The number of benzene rings is 2. The van der Waals surface area contributed by atoms with Crippen LogP contribution in [0.5, 0.6) is 0 Å². The Balaban J connectivity index is 1.89. The molecular formula is C22H24ClN3O3. The van der Waals surface area contributed by atoms with E-state index >= 15 is 0 Å². The van der Waals surface area contributed by atoms with Crippen LogP contribution in [-0.2, 0) is 24.3 Å². The predicted molar refractivity (Wildman–Crippen MR) is 114 cm³/mol. The molecule has 1 heterocycles. The summed E-state index contributed by atoms with van der Waals surface area (Å²) in [6.07, 6.45) is 2.97. The molecule has 0 amide bonds. The van der Waals surface area contributed by atoms with Gasteiger partial charge in [0.2, 0.25) is 0 Å². The SMILES string of the molecule is CCCCc1nc(Cl)c(COC)n1Cc1ccc(-c2ccccc2[N+](=O)[O-])cc1. The molecule has 0 N–H and O–H groups in total. The minimum absolute atomic E-state index is 0.103. The van der Waals surface area contributed by atoms with Crippen molar-refractivity contribution in [3.05, 3.63) is 80.9 Å². The number of nitrogens with zero attached hydrogens (tertiary/aromatic N) is 3. The summed E-state index contributed by atoms with van der Waals surface area (Å²) in [5, 5.41) is 11.8. The maximum Gasteiger partial charge on any atom is 0.277 e. The predicted octanol–water partition coefficient (Wildman–Crippen LogP) is 5.65. The standard InChI is InChI=1S/C22H24ClN3O3/c1-3-4-9-21-24-22(23)20(15-29-2)25(21)14-16-10-12-17(13-11-16)18-7-5-6-8-19(18)26(27)28/h5-8,10-13H,3-4,9,14-15H2,1-2H3. The lowest BCUT2D eigenvalue weighted by Gasteiger charge is -2.12. The highest BCUT2D eigenvalue weighted by atomic mass is 35.5. The molecule has 3 aromatic rings. The molecule has 29 heavy (non-hydrogen) atoms.